The Hall–Kier alpha value is -3.39. The molecule has 2 amide bonds. The summed E-state index contributed by atoms with van der Waals surface area (Å²) in [5.41, 5.74) is 4.31. The van der Waals surface area contributed by atoms with Crippen LogP contribution in [0.4, 0.5) is 4.79 Å². The van der Waals surface area contributed by atoms with E-state index >= 15 is 0 Å². The second-order valence-corrected chi connectivity index (χ2v) is 10.1. The van der Waals surface area contributed by atoms with Crippen LogP contribution in [0.3, 0.4) is 0 Å². The van der Waals surface area contributed by atoms with Gasteiger partial charge in [0.1, 0.15) is 12.6 Å². The van der Waals surface area contributed by atoms with Gasteiger partial charge in [0.05, 0.1) is 6.42 Å². The van der Waals surface area contributed by atoms with E-state index in [0.717, 1.165) is 28.7 Å². The van der Waals surface area contributed by atoms with Gasteiger partial charge >= 0.3 is 12.1 Å². The minimum Gasteiger partial charge on any atom is -0.481 e. The molecule has 0 radical (unpaired) electrons. The van der Waals surface area contributed by atoms with E-state index in [-0.39, 0.29) is 24.1 Å². The second-order valence-electron chi connectivity index (χ2n) is 10.1. The van der Waals surface area contributed by atoms with Crippen LogP contribution in [0.15, 0.2) is 48.5 Å². The summed E-state index contributed by atoms with van der Waals surface area (Å²) in [4.78, 5) is 41.1. The fourth-order valence-corrected chi connectivity index (χ4v) is 5.20. The monoisotopic (exact) mass is 479 g/mol. The number of nitrogens with one attached hydrogen (secondary N) is 1. The average Bonchev–Trinajstić information content (AvgIpc) is 3.29. The number of aliphatic carboxylic acids is 1. The highest BCUT2D eigenvalue weighted by Gasteiger charge is 2.40. The number of fused-ring (bicyclic) bond motifs is 3. The van der Waals surface area contributed by atoms with Crippen LogP contribution in [-0.2, 0) is 14.3 Å². The smallest absolute Gasteiger partial charge is 0.407 e. The summed E-state index contributed by atoms with van der Waals surface area (Å²) < 4.78 is 5.54. The maximum atomic E-state index is 13.2. The first kappa shape index (κ1) is 24.7. The molecule has 2 aromatic rings. The Balaban J connectivity index is 1.42. The molecule has 8 heteroatoms. The van der Waals surface area contributed by atoms with Gasteiger partial charge in [0.15, 0.2) is 0 Å². The van der Waals surface area contributed by atoms with Crippen molar-refractivity contribution in [2.24, 2.45) is 0 Å². The van der Waals surface area contributed by atoms with Gasteiger partial charge in [-0.15, -0.1) is 0 Å². The summed E-state index contributed by atoms with van der Waals surface area (Å²) in [6.45, 7) is 4.98. The number of amides is 2. The van der Waals surface area contributed by atoms with E-state index in [9.17, 15) is 19.5 Å². The van der Waals surface area contributed by atoms with Gasteiger partial charge in [-0.25, -0.2) is 4.79 Å². The highest BCUT2D eigenvalue weighted by Crippen LogP contribution is 2.44. The Bertz CT molecular complexity index is 1090. The van der Waals surface area contributed by atoms with Gasteiger partial charge in [0, 0.05) is 31.1 Å². The third kappa shape index (κ3) is 5.03. The predicted molar refractivity (Wildman–Crippen MR) is 132 cm³/mol. The molecule has 186 valence electrons. The van der Waals surface area contributed by atoms with Crippen LogP contribution in [0.25, 0.3) is 11.1 Å². The molecule has 0 aromatic heterocycles. The predicted octanol–water partition coefficient (Wildman–Crippen LogP) is 3.31. The first-order valence-corrected chi connectivity index (χ1v) is 11.9. The molecule has 2 atom stereocenters. The Morgan fingerprint density at radius 2 is 1.69 bits per heavy atom. The van der Waals surface area contributed by atoms with E-state index in [1.54, 1.807) is 11.9 Å². The van der Waals surface area contributed by atoms with Crippen LogP contribution in [0.5, 0.6) is 0 Å². The molecule has 2 N–H and O–H groups in total. The molecule has 1 fully saturated rings. The van der Waals surface area contributed by atoms with Gasteiger partial charge in [0.25, 0.3) is 0 Å². The number of hydrogen-bond donors (Lipinski definition) is 2. The molecule has 1 aliphatic heterocycles. The third-order valence-electron chi connectivity index (χ3n) is 7.46. The summed E-state index contributed by atoms with van der Waals surface area (Å²) in [6.07, 6.45) is -0.556. The van der Waals surface area contributed by atoms with Crippen LogP contribution < -0.4 is 5.32 Å². The summed E-state index contributed by atoms with van der Waals surface area (Å²) in [6, 6.07) is 14.7. The summed E-state index contributed by atoms with van der Waals surface area (Å²) in [5.74, 6) is -1.72. The Morgan fingerprint density at radius 3 is 2.20 bits per heavy atom. The highest BCUT2D eigenvalue weighted by atomic mass is 16.5. The normalized spacial score (nSPS) is 19.5. The van der Waals surface area contributed by atoms with Gasteiger partial charge in [0.2, 0.25) is 5.91 Å². The van der Waals surface area contributed by atoms with E-state index in [2.05, 4.69) is 24.1 Å². The first-order chi connectivity index (χ1) is 16.6. The maximum Gasteiger partial charge on any atom is 0.407 e. The SMILES string of the molecule is CN(C(=O)C(CC(=O)O)NC(=O)OCC1c2ccccc2-c2ccccc21)C1CN(C)C(C)(C)C1. The Morgan fingerprint density at radius 1 is 1.11 bits per heavy atom. The molecular formula is C27H33N3O5. The van der Waals surface area contributed by atoms with Crippen molar-refractivity contribution in [3.63, 3.8) is 0 Å². The molecule has 1 aliphatic carbocycles. The Kier molecular flexibility index (Phi) is 6.85. The fourth-order valence-electron chi connectivity index (χ4n) is 5.20. The van der Waals surface area contributed by atoms with Crippen molar-refractivity contribution in [2.45, 2.75) is 50.2 Å². The number of alkyl carbamates (subject to hydrolysis) is 1. The number of rotatable bonds is 7. The van der Waals surface area contributed by atoms with Crippen LogP contribution in [-0.4, -0.2) is 77.7 Å². The zero-order chi connectivity index (χ0) is 25.3. The lowest BCUT2D eigenvalue weighted by molar-refractivity contribution is -0.142. The molecule has 4 rings (SSSR count). The number of nitrogens with zero attached hydrogens (tertiary/aromatic N) is 2. The van der Waals surface area contributed by atoms with Crippen molar-refractivity contribution in [1.82, 2.24) is 15.1 Å². The van der Waals surface area contributed by atoms with Gasteiger partial charge in [-0.3, -0.25) is 14.5 Å². The number of carbonyl (C=O) groups is 3. The number of benzene rings is 2. The molecule has 0 spiro atoms. The number of ether oxygens (including phenoxy) is 1. The third-order valence-corrected chi connectivity index (χ3v) is 7.46. The van der Waals surface area contributed by atoms with Gasteiger partial charge in [-0.2, -0.15) is 0 Å². The zero-order valence-electron chi connectivity index (χ0n) is 20.7. The molecule has 0 saturated carbocycles. The van der Waals surface area contributed by atoms with Gasteiger partial charge in [-0.1, -0.05) is 48.5 Å². The quantitative estimate of drug-likeness (QED) is 0.632. The lowest BCUT2D eigenvalue weighted by Crippen LogP contribution is -2.51. The molecule has 35 heavy (non-hydrogen) atoms. The molecule has 0 bridgehead atoms. The molecule has 1 saturated heterocycles. The number of carboxylic acid groups (broad SMARTS) is 1. The van der Waals surface area contributed by atoms with Gasteiger partial charge in [-0.05, 0) is 49.6 Å². The number of carbonyl (C=O) groups excluding carboxylic acids is 2. The lowest BCUT2D eigenvalue weighted by Gasteiger charge is -2.29. The van der Waals surface area contributed by atoms with Crippen LogP contribution in [0.2, 0.25) is 0 Å². The van der Waals surface area contributed by atoms with Crippen molar-refractivity contribution in [2.75, 3.05) is 27.2 Å². The van der Waals surface area contributed by atoms with E-state index in [1.165, 1.54) is 0 Å². The first-order valence-electron chi connectivity index (χ1n) is 11.9. The summed E-state index contributed by atoms with van der Waals surface area (Å²) in [7, 11) is 3.67. The van der Waals surface area contributed by atoms with E-state index in [4.69, 9.17) is 4.74 Å². The molecule has 2 aliphatic rings. The molecular weight excluding hydrogens is 446 g/mol. The summed E-state index contributed by atoms with van der Waals surface area (Å²) in [5, 5.41) is 11.9. The van der Waals surface area contributed by atoms with E-state index in [0.29, 0.717) is 6.54 Å². The van der Waals surface area contributed by atoms with Crippen LogP contribution in [0.1, 0.15) is 43.7 Å². The minimum absolute atomic E-state index is 0.0666. The largest absolute Gasteiger partial charge is 0.481 e. The van der Waals surface area contributed by atoms with Crippen molar-refractivity contribution < 1.29 is 24.2 Å². The minimum atomic E-state index is -1.21. The van der Waals surface area contributed by atoms with Crippen LogP contribution >= 0.6 is 0 Å². The number of likely N-dealkylation sites (tertiary alicyclic amines) is 1. The van der Waals surface area contributed by atoms with Crippen molar-refractivity contribution >= 4 is 18.0 Å². The number of hydrogen-bond acceptors (Lipinski definition) is 5. The van der Waals surface area contributed by atoms with E-state index < -0.39 is 30.4 Å². The molecule has 2 unspecified atom stereocenters. The standard InChI is InChI=1S/C27H33N3O5/c1-27(2)14-17(15-29(27)3)30(4)25(33)23(13-24(31)32)28-26(34)35-16-22-20-11-7-5-9-18(20)19-10-6-8-12-21(19)22/h5-12,17,22-23H,13-16H2,1-4H3,(H,28,34)(H,31,32). The fraction of sp³-hybridized carbons (Fsp3) is 0.444. The van der Waals surface area contributed by atoms with Crippen molar-refractivity contribution in [1.29, 1.82) is 0 Å². The molecule has 8 nitrogen and oxygen atoms in total. The highest BCUT2D eigenvalue weighted by molar-refractivity contribution is 5.89. The Labute approximate surface area is 205 Å². The maximum absolute atomic E-state index is 13.2. The molecule has 1 heterocycles. The van der Waals surface area contributed by atoms with Gasteiger partial charge < -0.3 is 20.1 Å². The lowest BCUT2D eigenvalue weighted by atomic mass is 9.98. The average molecular weight is 480 g/mol. The topological polar surface area (TPSA) is 99.2 Å². The number of carboxylic acids is 1. The second kappa shape index (κ2) is 9.70. The molecule has 2 aromatic carbocycles. The van der Waals surface area contributed by atoms with Crippen molar-refractivity contribution in [3.05, 3.63) is 59.7 Å². The summed E-state index contributed by atoms with van der Waals surface area (Å²) >= 11 is 0. The van der Waals surface area contributed by atoms with Crippen LogP contribution in [0, 0.1) is 0 Å². The van der Waals surface area contributed by atoms with E-state index in [1.807, 2.05) is 55.6 Å². The van der Waals surface area contributed by atoms with Crippen molar-refractivity contribution in [3.8, 4) is 11.1 Å². The zero-order valence-corrected chi connectivity index (χ0v) is 20.7. The number of likely N-dealkylation sites (N-methyl/N-ethyl adjacent to an activating group) is 2.